The molecule has 0 aromatic carbocycles. The van der Waals surface area contributed by atoms with Crippen molar-refractivity contribution >= 4 is 15.9 Å². The highest BCUT2D eigenvalue weighted by Crippen LogP contribution is 2.32. The average molecular weight is 422 g/mol. The summed E-state index contributed by atoms with van der Waals surface area (Å²) >= 11 is 0. The van der Waals surface area contributed by atoms with E-state index in [0.29, 0.717) is 31.8 Å². The molecule has 0 aliphatic carbocycles. The summed E-state index contributed by atoms with van der Waals surface area (Å²) in [5.74, 6) is 0.413. The summed E-state index contributed by atoms with van der Waals surface area (Å²) < 4.78 is 25.0. The minimum absolute atomic E-state index is 0.0812. The van der Waals surface area contributed by atoms with Crippen LogP contribution in [0.3, 0.4) is 0 Å². The highest BCUT2D eigenvalue weighted by molar-refractivity contribution is 7.88. The number of carbonyl (C=O) groups is 1. The number of hydrogen-bond acceptors (Lipinski definition) is 6. The second kappa shape index (κ2) is 8.67. The zero-order valence-corrected chi connectivity index (χ0v) is 17.8. The normalized spacial score (nSPS) is 29.8. The summed E-state index contributed by atoms with van der Waals surface area (Å²) in [4.78, 5) is 19.6. The van der Waals surface area contributed by atoms with Crippen LogP contribution in [0, 0.1) is 5.92 Å². The summed E-state index contributed by atoms with van der Waals surface area (Å²) in [5.41, 5.74) is 7.97. The first kappa shape index (κ1) is 20.7. The van der Waals surface area contributed by atoms with Crippen molar-refractivity contribution in [2.45, 2.75) is 50.1 Å². The number of hydrogen-bond donors (Lipinski definition) is 2. The highest BCUT2D eigenvalue weighted by atomic mass is 32.2. The second-order valence-corrected chi connectivity index (χ2v) is 10.5. The third-order valence-corrected chi connectivity index (χ3v) is 7.98. The molecule has 0 radical (unpaired) electrons. The van der Waals surface area contributed by atoms with Gasteiger partial charge in [0, 0.05) is 62.5 Å². The van der Waals surface area contributed by atoms with E-state index in [4.69, 9.17) is 0 Å². The summed E-state index contributed by atoms with van der Waals surface area (Å²) in [6.07, 6.45) is 9.27. The lowest BCUT2D eigenvalue weighted by Gasteiger charge is -2.43. The first-order valence-corrected chi connectivity index (χ1v) is 12.4. The lowest BCUT2D eigenvalue weighted by Crippen LogP contribution is -2.57. The van der Waals surface area contributed by atoms with Crippen LogP contribution in [0.1, 0.15) is 43.6 Å². The van der Waals surface area contributed by atoms with Crippen molar-refractivity contribution in [1.82, 2.24) is 25.0 Å². The number of amides is 1. The topological polar surface area (TPSA) is 94.6 Å². The van der Waals surface area contributed by atoms with Crippen LogP contribution in [0.2, 0.25) is 0 Å². The van der Waals surface area contributed by atoms with Crippen LogP contribution >= 0.6 is 0 Å². The Morgan fingerprint density at radius 1 is 1.10 bits per heavy atom. The first-order chi connectivity index (χ1) is 13.9. The van der Waals surface area contributed by atoms with Gasteiger partial charge in [-0.1, -0.05) is 0 Å². The number of piperidine rings is 2. The maximum absolute atomic E-state index is 13.4. The predicted octanol–water partition coefficient (Wildman–Crippen LogP) is 0.694. The average Bonchev–Trinajstić information content (AvgIpc) is 3.23. The lowest BCUT2D eigenvalue weighted by molar-refractivity contribution is -0.141. The summed E-state index contributed by atoms with van der Waals surface area (Å²) in [7, 11) is -3.18. The standard InChI is InChI=1S/C20H31N5O3S/c1-29(27,28)24-12-7-16(8-13-24)20(26)25-11-3-2-4-18(25)19-17(14-22-23-19)15-5-9-21-10-6-15/h5-6,9-10,16-19,22-23H,2-4,7-8,11-14H2,1H3. The van der Waals surface area contributed by atoms with E-state index >= 15 is 0 Å². The molecule has 160 valence electrons. The second-order valence-electron chi connectivity index (χ2n) is 8.47. The molecule has 1 aromatic heterocycles. The first-order valence-electron chi connectivity index (χ1n) is 10.6. The Morgan fingerprint density at radius 2 is 1.83 bits per heavy atom. The number of sulfonamides is 1. The van der Waals surface area contributed by atoms with Gasteiger partial charge in [-0.2, -0.15) is 0 Å². The van der Waals surface area contributed by atoms with Crippen LogP contribution in [0.5, 0.6) is 0 Å². The molecule has 1 aromatic rings. The van der Waals surface area contributed by atoms with Crippen molar-refractivity contribution in [2.24, 2.45) is 5.92 Å². The number of likely N-dealkylation sites (tertiary alicyclic amines) is 1. The van der Waals surface area contributed by atoms with E-state index < -0.39 is 10.0 Å². The van der Waals surface area contributed by atoms with E-state index in [9.17, 15) is 13.2 Å². The number of carbonyl (C=O) groups excluding carboxylic acids is 1. The van der Waals surface area contributed by atoms with Gasteiger partial charge in [0.15, 0.2) is 0 Å². The molecule has 0 spiro atoms. The van der Waals surface area contributed by atoms with Gasteiger partial charge >= 0.3 is 0 Å². The minimum atomic E-state index is -3.18. The van der Waals surface area contributed by atoms with Gasteiger partial charge in [-0.25, -0.2) is 12.7 Å². The van der Waals surface area contributed by atoms with Crippen molar-refractivity contribution in [3.63, 3.8) is 0 Å². The molecule has 2 N–H and O–H groups in total. The molecule has 8 nitrogen and oxygen atoms in total. The molecular formula is C20H31N5O3S. The SMILES string of the molecule is CS(=O)(=O)N1CCC(C(=O)N2CCCCC2C2NNCC2c2ccncc2)CC1. The Hall–Kier alpha value is -1.55. The van der Waals surface area contributed by atoms with E-state index in [0.717, 1.165) is 32.4 Å². The van der Waals surface area contributed by atoms with Crippen molar-refractivity contribution in [1.29, 1.82) is 0 Å². The van der Waals surface area contributed by atoms with Crippen LogP contribution in [-0.4, -0.2) is 73.0 Å². The van der Waals surface area contributed by atoms with E-state index in [1.165, 1.54) is 16.1 Å². The molecule has 4 rings (SSSR count). The van der Waals surface area contributed by atoms with Crippen LogP contribution in [0.4, 0.5) is 0 Å². The highest BCUT2D eigenvalue weighted by Gasteiger charge is 2.42. The molecule has 3 atom stereocenters. The molecule has 0 saturated carbocycles. The third-order valence-electron chi connectivity index (χ3n) is 6.68. The number of rotatable bonds is 4. The Labute approximate surface area is 173 Å². The van der Waals surface area contributed by atoms with Crippen LogP contribution in [0.15, 0.2) is 24.5 Å². The fraction of sp³-hybridized carbons (Fsp3) is 0.700. The van der Waals surface area contributed by atoms with E-state index in [1.807, 2.05) is 12.4 Å². The zero-order valence-electron chi connectivity index (χ0n) is 17.0. The van der Waals surface area contributed by atoms with Gasteiger partial charge in [-0.3, -0.25) is 20.6 Å². The molecule has 9 heteroatoms. The molecule has 3 unspecified atom stereocenters. The van der Waals surface area contributed by atoms with Crippen LogP contribution in [-0.2, 0) is 14.8 Å². The minimum Gasteiger partial charge on any atom is -0.338 e. The molecular weight excluding hydrogens is 390 g/mol. The Bertz CT molecular complexity index is 811. The quantitative estimate of drug-likeness (QED) is 0.743. The van der Waals surface area contributed by atoms with E-state index in [-0.39, 0.29) is 23.9 Å². The number of pyridine rings is 1. The summed E-state index contributed by atoms with van der Waals surface area (Å²) in [6.45, 7) is 2.50. The zero-order chi connectivity index (χ0) is 20.4. The molecule has 3 aliphatic heterocycles. The van der Waals surface area contributed by atoms with Gasteiger partial charge in [-0.05, 0) is 49.8 Å². The largest absolute Gasteiger partial charge is 0.338 e. The molecule has 0 bridgehead atoms. The van der Waals surface area contributed by atoms with Gasteiger partial charge in [0.2, 0.25) is 15.9 Å². The monoisotopic (exact) mass is 421 g/mol. The Kier molecular flexibility index (Phi) is 6.19. The van der Waals surface area contributed by atoms with Crippen molar-refractivity contribution in [2.75, 3.05) is 32.4 Å². The number of hydrazine groups is 1. The smallest absolute Gasteiger partial charge is 0.226 e. The molecule has 3 saturated heterocycles. The Balaban J connectivity index is 1.47. The maximum Gasteiger partial charge on any atom is 0.226 e. The molecule has 1 amide bonds. The van der Waals surface area contributed by atoms with Gasteiger partial charge in [0.25, 0.3) is 0 Å². The number of nitrogens with zero attached hydrogens (tertiary/aromatic N) is 3. The summed E-state index contributed by atoms with van der Waals surface area (Å²) in [5, 5.41) is 0. The predicted molar refractivity (Wildman–Crippen MR) is 110 cm³/mol. The van der Waals surface area contributed by atoms with Gasteiger partial charge in [0.1, 0.15) is 0 Å². The Morgan fingerprint density at radius 3 is 2.52 bits per heavy atom. The number of nitrogens with one attached hydrogen (secondary N) is 2. The van der Waals surface area contributed by atoms with E-state index in [1.54, 1.807) is 0 Å². The molecule has 29 heavy (non-hydrogen) atoms. The summed E-state index contributed by atoms with van der Waals surface area (Å²) in [6, 6.07) is 4.43. The maximum atomic E-state index is 13.4. The van der Waals surface area contributed by atoms with Crippen LogP contribution < -0.4 is 10.9 Å². The molecule has 3 fully saturated rings. The van der Waals surface area contributed by atoms with Gasteiger partial charge < -0.3 is 4.90 Å². The van der Waals surface area contributed by atoms with Gasteiger partial charge in [0.05, 0.1) is 6.26 Å². The van der Waals surface area contributed by atoms with Crippen LogP contribution in [0.25, 0.3) is 0 Å². The fourth-order valence-electron chi connectivity index (χ4n) is 5.09. The van der Waals surface area contributed by atoms with Crippen molar-refractivity contribution in [3.05, 3.63) is 30.1 Å². The number of aromatic nitrogens is 1. The van der Waals surface area contributed by atoms with E-state index in [2.05, 4.69) is 32.9 Å². The fourth-order valence-corrected chi connectivity index (χ4v) is 5.96. The van der Waals surface area contributed by atoms with Crippen molar-refractivity contribution < 1.29 is 13.2 Å². The van der Waals surface area contributed by atoms with Gasteiger partial charge in [-0.15, -0.1) is 0 Å². The lowest BCUT2D eigenvalue weighted by atomic mass is 9.83. The third kappa shape index (κ3) is 4.47. The van der Waals surface area contributed by atoms with Crippen molar-refractivity contribution in [3.8, 4) is 0 Å². The molecule has 3 aliphatic rings. The molecule has 4 heterocycles.